The molecule has 0 N–H and O–H groups in total. The molecule has 0 aromatic heterocycles. The van der Waals surface area contributed by atoms with Crippen LogP contribution < -0.4 is 0 Å². The van der Waals surface area contributed by atoms with Crippen LogP contribution in [-0.2, 0) is 0 Å². The summed E-state index contributed by atoms with van der Waals surface area (Å²) in [5, 5.41) is 0. The van der Waals surface area contributed by atoms with Crippen LogP contribution in [0.1, 0.15) is 0 Å². The Balaban J connectivity index is 0. The van der Waals surface area contributed by atoms with Crippen molar-refractivity contribution in [2.45, 2.75) is 0 Å². The molecule has 2 radical (unpaired) electrons. The van der Waals surface area contributed by atoms with E-state index < -0.39 is 0 Å². The molecule has 0 aliphatic heterocycles. The molecule has 0 aliphatic rings. The third-order valence-electron chi connectivity index (χ3n) is 0. The first kappa shape index (κ1) is 23.3. The fourth-order valence-corrected chi connectivity index (χ4v) is 0. The zero-order valence-corrected chi connectivity index (χ0v) is 8.33. The Morgan fingerprint density at radius 2 is 1.00 bits per heavy atom. The molecular formula is H6BrCaCsPb. The first-order valence-corrected chi connectivity index (χ1v) is 0. The van der Waals surface area contributed by atoms with Gasteiger partial charge < -0.3 is 0 Å². The van der Waals surface area contributed by atoms with E-state index >= 15 is 0 Å². The van der Waals surface area contributed by atoms with E-state index in [0.29, 0.717) is 0 Å². The SMILES string of the molecule is Br.[CaH2].[CsH].[PbH2]. The zero-order chi connectivity index (χ0) is 0. The van der Waals surface area contributed by atoms with Gasteiger partial charge in [0, 0.05) is 0 Å². The summed E-state index contributed by atoms with van der Waals surface area (Å²) in [5.41, 5.74) is 0. The summed E-state index contributed by atoms with van der Waals surface area (Å²) in [4.78, 5) is 0. The second kappa shape index (κ2) is 15.6. The number of halogens is 1. The van der Waals surface area contributed by atoms with Crippen LogP contribution in [0.3, 0.4) is 0 Å². The van der Waals surface area contributed by atoms with Crippen LogP contribution in [0.15, 0.2) is 0 Å². The van der Waals surface area contributed by atoms with Gasteiger partial charge in [-0.1, -0.05) is 0 Å². The van der Waals surface area contributed by atoms with Gasteiger partial charge in [-0.2, -0.15) is 0 Å². The predicted octanol–water partition coefficient (Wildman–Crippen LogP) is -1.90. The van der Waals surface area contributed by atoms with E-state index in [-0.39, 0.29) is 151 Å². The molecule has 0 heterocycles. The molecule has 0 bridgehead atoms. The molecule has 0 spiro atoms. The summed E-state index contributed by atoms with van der Waals surface area (Å²) in [6.07, 6.45) is 0. The Kier molecular flexibility index (Phi) is 91.3. The molecule has 0 unspecified atom stereocenters. The van der Waals surface area contributed by atoms with Crippen LogP contribution in [-0.4, -0.2) is 134 Å². The van der Waals surface area contributed by atoms with Gasteiger partial charge in [0.05, 0.1) is 0 Å². The molecule has 0 nitrogen and oxygen atoms in total. The van der Waals surface area contributed by atoms with Crippen molar-refractivity contribution in [1.29, 1.82) is 0 Å². The van der Waals surface area contributed by atoms with E-state index in [9.17, 15) is 0 Å². The summed E-state index contributed by atoms with van der Waals surface area (Å²) < 4.78 is 0. The first-order chi connectivity index (χ1) is 0. The van der Waals surface area contributed by atoms with Crippen LogP contribution in [0.2, 0.25) is 0 Å². The van der Waals surface area contributed by atoms with Crippen molar-refractivity contribution in [3.05, 3.63) is 0 Å². The fraction of sp³-hybridized carbons (Fsp3) is 0. The van der Waals surface area contributed by atoms with Gasteiger partial charge in [0.1, 0.15) is 0 Å². The van der Waals surface area contributed by atoms with Crippen molar-refractivity contribution in [2.75, 3.05) is 0 Å². The van der Waals surface area contributed by atoms with Gasteiger partial charge >= 0.3 is 134 Å². The van der Waals surface area contributed by atoms with Crippen LogP contribution in [0.5, 0.6) is 0 Å². The number of hydrogen-bond acceptors (Lipinski definition) is 0. The topological polar surface area (TPSA) is 0 Å². The van der Waals surface area contributed by atoms with Gasteiger partial charge in [-0.15, -0.1) is 17.0 Å². The monoisotopic (exact) mass is 466 g/mol. The Bertz CT molecular complexity index is 8.00. The molecule has 0 atom stereocenters. The van der Waals surface area contributed by atoms with Crippen molar-refractivity contribution in [3.8, 4) is 0 Å². The van der Waals surface area contributed by atoms with Gasteiger partial charge in [-0.3, -0.25) is 0 Å². The minimum atomic E-state index is 0. The third kappa shape index (κ3) is 9.86. The van der Waals surface area contributed by atoms with E-state index in [0.717, 1.165) is 0 Å². The summed E-state index contributed by atoms with van der Waals surface area (Å²) in [7, 11) is 0. The van der Waals surface area contributed by atoms with E-state index in [2.05, 4.69) is 0 Å². The third-order valence-corrected chi connectivity index (χ3v) is 0. The van der Waals surface area contributed by atoms with Crippen molar-refractivity contribution in [1.82, 2.24) is 0 Å². The average Bonchev–Trinajstić information content (AvgIpc) is 0. The predicted molar refractivity (Wildman–Crippen MR) is 34.6 cm³/mol. The Morgan fingerprint density at radius 3 is 1.00 bits per heavy atom. The van der Waals surface area contributed by atoms with Gasteiger partial charge in [0.2, 0.25) is 0 Å². The second-order valence-electron chi connectivity index (χ2n) is 0. The summed E-state index contributed by atoms with van der Waals surface area (Å²) >= 11 is 0. The van der Waals surface area contributed by atoms with E-state index in [1.807, 2.05) is 0 Å². The van der Waals surface area contributed by atoms with Gasteiger partial charge in [-0.05, 0) is 0 Å². The fourth-order valence-electron chi connectivity index (χ4n) is 0. The summed E-state index contributed by atoms with van der Waals surface area (Å²) in [6, 6.07) is 0. The minimum absolute atomic E-state index is 0. The molecule has 0 fully saturated rings. The number of hydrogen-bond donors (Lipinski definition) is 0. The number of rotatable bonds is 0. The maximum atomic E-state index is 0. The molecule has 4 heteroatoms. The Labute approximate surface area is 146 Å². The first-order valence-electron chi connectivity index (χ1n) is 0. The molecule has 0 amide bonds. The van der Waals surface area contributed by atoms with Crippen LogP contribution in [0.25, 0.3) is 0 Å². The molecular weight excluding hydrogens is 460 g/mol. The van der Waals surface area contributed by atoms with E-state index in [1.165, 1.54) is 0 Å². The van der Waals surface area contributed by atoms with Crippen molar-refractivity contribution < 1.29 is 0 Å². The quantitative estimate of drug-likeness (QED) is 0.366. The molecule has 0 aliphatic carbocycles. The van der Waals surface area contributed by atoms with Crippen molar-refractivity contribution in [3.63, 3.8) is 0 Å². The molecule has 0 saturated heterocycles. The Hall–Kier alpha value is 4.71. The van der Waals surface area contributed by atoms with Gasteiger partial charge in [-0.25, -0.2) is 0 Å². The second-order valence-corrected chi connectivity index (χ2v) is 0. The van der Waals surface area contributed by atoms with Gasteiger partial charge in [0.15, 0.2) is 0 Å². The molecule has 20 valence electrons. The zero-order valence-electron chi connectivity index (χ0n) is 1.12. The van der Waals surface area contributed by atoms with E-state index in [1.54, 1.807) is 0 Å². The molecule has 0 aromatic rings. The maximum absolute atomic E-state index is 0. The summed E-state index contributed by atoms with van der Waals surface area (Å²) in [5.74, 6) is 0. The summed E-state index contributed by atoms with van der Waals surface area (Å²) in [6.45, 7) is 0. The molecule has 4 heavy (non-hydrogen) atoms. The standard InChI is InChI=1S/BrH.Ca.Cs.Pb.5H/h1H;;;;;;;;. The Morgan fingerprint density at radius 1 is 1.00 bits per heavy atom. The van der Waals surface area contributed by atoms with Crippen LogP contribution >= 0.6 is 17.0 Å². The van der Waals surface area contributed by atoms with Gasteiger partial charge in [0.25, 0.3) is 0 Å². The van der Waals surface area contributed by atoms with Crippen molar-refractivity contribution in [2.24, 2.45) is 0 Å². The molecule has 0 rings (SSSR count). The van der Waals surface area contributed by atoms with Crippen molar-refractivity contribution >= 4 is 151 Å². The normalized spacial score (nSPS) is 0. The molecule has 0 saturated carbocycles. The van der Waals surface area contributed by atoms with Crippen LogP contribution in [0.4, 0.5) is 0 Å². The molecule has 0 aromatic carbocycles. The average molecular weight is 466 g/mol. The van der Waals surface area contributed by atoms with E-state index in [4.69, 9.17) is 0 Å². The van der Waals surface area contributed by atoms with Crippen LogP contribution in [0, 0.1) is 0 Å².